The maximum absolute atomic E-state index is 11.1. The predicted octanol–water partition coefficient (Wildman–Crippen LogP) is 1.97. The Morgan fingerprint density at radius 3 is 2.75 bits per heavy atom. The molecule has 1 aromatic rings. The van der Waals surface area contributed by atoms with Gasteiger partial charge in [-0.3, -0.25) is 9.69 Å². The molecule has 1 aliphatic rings. The SMILES string of the molecule is COc1ccc(CCN2CCCCC2CC(N)=O)cc1. The number of amides is 1. The maximum Gasteiger partial charge on any atom is 0.218 e. The van der Waals surface area contributed by atoms with Crippen LogP contribution in [0.4, 0.5) is 0 Å². The summed E-state index contributed by atoms with van der Waals surface area (Å²) in [6.07, 6.45) is 5.00. The molecule has 0 bridgehead atoms. The van der Waals surface area contributed by atoms with Gasteiger partial charge < -0.3 is 10.5 Å². The van der Waals surface area contributed by atoms with Crippen LogP contribution in [0.5, 0.6) is 5.75 Å². The van der Waals surface area contributed by atoms with Crippen LogP contribution in [0, 0.1) is 0 Å². The lowest BCUT2D eigenvalue weighted by Crippen LogP contribution is -2.42. The number of methoxy groups -OCH3 is 1. The number of carbonyl (C=O) groups is 1. The Labute approximate surface area is 120 Å². The van der Waals surface area contributed by atoms with Crippen LogP contribution in [0.1, 0.15) is 31.2 Å². The van der Waals surface area contributed by atoms with Crippen molar-refractivity contribution in [3.05, 3.63) is 29.8 Å². The van der Waals surface area contributed by atoms with Crippen molar-refractivity contribution in [3.63, 3.8) is 0 Å². The second-order valence-corrected chi connectivity index (χ2v) is 5.45. The highest BCUT2D eigenvalue weighted by Crippen LogP contribution is 2.20. The van der Waals surface area contributed by atoms with Crippen molar-refractivity contribution in [2.45, 2.75) is 38.1 Å². The molecular formula is C16H24N2O2. The number of likely N-dealkylation sites (tertiary alicyclic amines) is 1. The summed E-state index contributed by atoms with van der Waals surface area (Å²) in [5.41, 5.74) is 6.65. The fourth-order valence-corrected chi connectivity index (χ4v) is 2.88. The number of ether oxygens (including phenoxy) is 1. The summed E-state index contributed by atoms with van der Waals surface area (Å²) in [6.45, 7) is 2.07. The molecule has 4 heteroatoms. The highest BCUT2D eigenvalue weighted by atomic mass is 16.5. The fourth-order valence-electron chi connectivity index (χ4n) is 2.88. The molecule has 1 aromatic carbocycles. The van der Waals surface area contributed by atoms with Crippen LogP contribution in [-0.4, -0.2) is 37.0 Å². The summed E-state index contributed by atoms with van der Waals surface area (Å²) < 4.78 is 5.16. The van der Waals surface area contributed by atoms with E-state index in [9.17, 15) is 4.79 Å². The molecule has 1 saturated heterocycles. The minimum atomic E-state index is -0.189. The minimum Gasteiger partial charge on any atom is -0.497 e. The molecule has 1 heterocycles. The summed E-state index contributed by atoms with van der Waals surface area (Å²) in [6, 6.07) is 8.52. The van der Waals surface area contributed by atoms with E-state index in [4.69, 9.17) is 10.5 Å². The zero-order chi connectivity index (χ0) is 14.4. The first kappa shape index (κ1) is 14.9. The first-order chi connectivity index (χ1) is 9.69. The lowest BCUT2D eigenvalue weighted by atomic mass is 9.98. The molecular weight excluding hydrogens is 252 g/mol. The van der Waals surface area contributed by atoms with Crippen LogP contribution in [0.25, 0.3) is 0 Å². The van der Waals surface area contributed by atoms with Crippen molar-refractivity contribution in [1.29, 1.82) is 0 Å². The number of nitrogens with two attached hydrogens (primary N) is 1. The van der Waals surface area contributed by atoms with Gasteiger partial charge in [-0.25, -0.2) is 0 Å². The van der Waals surface area contributed by atoms with E-state index in [1.165, 1.54) is 18.4 Å². The van der Waals surface area contributed by atoms with Gasteiger partial charge in [0, 0.05) is 19.0 Å². The molecule has 1 fully saturated rings. The smallest absolute Gasteiger partial charge is 0.218 e. The van der Waals surface area contributed by atoms with E-state index < -0.39 is 0 Å². The number of nitrogens with zero attached hydrogens (tertiary/aromatic N) is 1. The number of hydrogen-bond donors (Lipinski definition) is 1. The lowest BCUT2D eigenvalue weighted by Gasteiger charge is -2.35. The Morgan fingerprint density at radius 1 is 1.35 bits per heavy atom. The Kier molecular flexibility index (Phi) is 5.41. The van der Waals surface area contributed by atoms with Crippen LogP contribution in [0.15, 0.2) is 24.3 Å². The lowest BCUT2D eigenvalue weighted by molar-refractivity contribution is -0.119. The molecule has 0 aliphatic carbocycles. The Hall–Kier alpha value is -1.55. The van der Waals surface area contributed by atoms with Gasteiger partial charge >= 0.3 is 0 Å². The first-order valence-electron chi connectivity index (χ1n) is 7.34. The van der Waals surface area contributed by atoms with E-state index >= 15 is 0 Å². The van der Waals surface area contributed by atoms with Crippen molar-refractivity contribution in [1.82, 2.24) is 4.90 Å². The molecule has 2 N–H and O–H groups in total. The van der Waals surface area contributed by atoms with Crippen molar-refractivity contribution in [2.24, 2.45) is 5.73 Å². The van der Waals surface area contributed by atoms with Gasteiger partial charge in [-0.1, -0.05) is 18.6 Å². The number of carbonyl (C=O) groups excluding carboxylic acids is 1. The molecule has 4 nitrogen and oxygen atoms in total. The molecule has 110 valence electrons. The molecule has 0 aromatic heterocycles. The fraction of sp³-hybridized carbons (Fsp3) is 0.562. The summed E-state index contributed by atoms with van der Waals surface area (Å²) in [5, 5.41) is 0. The topological polar surface area (TPSA) is 55.6 Å². The molecule has 1 amide bonds. The zero-order valence-electron chi connectivity index (χ0n) is 12.2. The van der Waals surface area contributed by atoms with E-state index in [-0.39, 0.29) is 5.91 Å². The van der Waals surface area contributed by atoms with Gasteiger partial charge in [-0.2, -0.15) is 0 Å². The molecule has 1 atom stereocenters. The third kappa shape index (κ3) is 4.23. The Bertz CT molecular complexity index is 431. The zero-order valence-corrected chi connectivity index (χ0v) is 12.2. The van der Waals surface area contributed by atoms with E-state index in [0.29, 0.717) is 12.5 Å². The Morgan fingerprint density at radius 2 is 2.10 bits per heavy atom. The summed E-state index contributed by atoms with van der Waals surface area (Å²) in [4.78, 5) is 13.6. The van der Waals surface area contributed by atoms with Crippen LogP contribution in [-0.2, 0) is 11.2 Å². The molecule has 0 radical (unpaired) electrons. The second kappa shape index (κ2) is 7.29. The van der Waals surface area contributed by atoms with Gasteiger partial charge in [0.15, 0.2) is 0 Å². The van der Waals surface area contributed by atoms with Gasteiger partial charge in [0.05, 0.1) is 7.11 Å². The molecule has 1 aliphatic heterocycles. The van der Waals surface area contributed by atoms with E-state index in [0.717, 1.165) is 31.7 Å². The third-order valence-electron chi connectivity index (χ3n) is 4.03. The van der Waals surface area contributed by atoms with E-state index in [1.807, 2.05) is 12.1 Å². The summed E-state index contributed by atoms with van der Waals surface area (Å²) in [5.74, 6) is 0.699. The van der Waals surface area contributed by atoms with Gasteiger partial charge in [0.2, 0.25) is 5.91 Å². The number of rotatable bonds is 6. The van der Waals surface area contributed by atoms with Gasteiger partial charge in [-0.05, 0) is 43.5 Å². The average Bonchev–Trinajstić information content (AvgIpc) is 2.46. The van der Waals surface area contributed by atoms with Crippen LogP contribution in [0.2, 0.25) is 0 Å². The monoisotopic (exact) mass is 276 g/mol. The summed E-state index contributed by atoms with van der Waals surface area (Å²) >= 11 is 0. The van der Waals surface area contributed by atoms with Gasteiger partial charge in [-0.15, -0.1) is 0 Å². The van der Waals surface area contributed by atoms with Gasteiger partial charge in [0.25, 0.3) is 0 Å². The van der Waals surface area contributed by atoms with Crippen LogP contribution >= 0.6 is 0 Å². The standard InChI is InChI=1S/C16H24N2O2/c1-20-15-7-5-13(6-8-15)9-11-18-10-3-2-4-14(18)12-16(17)19/h5-8,14H,2-4,9-12H2,1H3,(H2,17,19). The number of hydrogen-bond acceptors (Lipinski definition) is 3. The van der Waals surface area contributed by atoms with E-state index in [1.54, 1.807) is 7.11 Å². The largest absolute Gasteiger partial charge is 0.497 e. The Balaban J connectivity index is 1.88. The summed E-state index contributed by atoms with van der Waals surface area (Å²) in [7, 11) is 1.68. The normalized spacial score (nSPS) is 19.8. The van der Waals surface area contributed by atoms with Crippen molar-refractivity contribution < 1.29 is 9.53 Å². The second-order valence-electron chi connectivity index (χ2n) is 5.45. The van der Waals surface area contributed by atoms with E-state index in [2.05, 4.69) is 17.0 Å². The number of primary amides is 1. The van der Waals surface area contributed by atoms with Crippen molar-refractivity contribution in [2.75, 3.05) is 20.2 Å². The minimum absolute atomic E-state index is 0.189. The van der Waals surface area contributed by atoms with Crippen LogP contribution < -0.4 is 10.5 Å². The number of benzene rings is 1. The highest BCUT2D eigenvalue weighted by molar-refractivity contribution is 5.74. The first-order valence-corrected chi connectivity index (χ1v) is 7.34. The van der Waals surface area contributed by atoms with Crippen molar-refractivity contribution in [3.8, 4) is 5.75 Å². The highest BCUT2D eigenvalue weighted by Gasteiger charge is 2.23. The van der Waals surface area contributed by atoms with Gasteiger partial charge in [0.1, 0.15) is 5.75 Å². The molecule has 20 heavy (non-hydrogen) atoms. The molecule has 0 saturated carbocycles. The quantitative estimate of drug-likeness (QED) is 0.864. The average molecular weight is 276 g/mol. The van der Waals surface area contributed by atoms with Crippen molar-refractivity contribution >= 4 is 5.91 Å². The molecule has 0 spiro atoms. The molecule has 1 unspecified atom stereocenters. The van der Waals surface area contributed by atoms with Crippen LogP contribution in [0.3, 0.4) is 0 Å². The third-order valence-corrected chi connectivity index (χ3v) is 4.03. The predicted molar refractivity (Wildman–Crippen MR) is 79.7 cm³/mol. The maximum atomic E-state index is 11.1. The number of piperidine rings is 1. The molecule has 2 rings (SSSR count).